The Balaban J connectivity index is 2.03. The first-order valence-corrected chi connectivity index (χ1v) is 6.50. The van der Waals surface area contributed by atoms with E-state index < -0.39 is 0 Å². The molecule has 0 spiro atoms. The van der Waals surface area contributed by atoms with Gasteiger partial charge in [-0.3, -0.25) is 4.79 Å². The third kappa shape index (κ3) is 3.55. The van der Waals surface area contributed by atoms with E-state index in [0.717, 1.165) is 5.56 Å². The van der Waals surface area contributed by atoms with Crippen molar-refractivity contribution in [1.29, 1.82) is 0 Å². The fraction of sp³-hybridized carbons (Fsp3) is 0.467. The monoisotopic (exact) mass is 257 g/mol. The standard InChI is InChI=1S/C15H19N3O/c1-15(2,12-6-7-12)18-14(19)13-8-5-11(10-17-13)4-3-9-16/h5,8,10,12H,6-7,9,16H2,1-2H3,(H,18,19). The molecular weight excluding hydrogens is 238 g/mol. The van der Waals surface area contributed by atoms with Crippen LogP contribution in [0.5, 0.6) is 0 Å². The van der Waals surface area contributed by atoms with Crippen LogP contribution in [0.2, 0.25) is 0 Å². The number of amides is 1. The maximum Gasteiger partial charge on any atom is 0.270 e. The molecular formula is C15H19N3O. The molecule has 1 amide bonds. The summed E-state index contributed by atoms with van der Waals surface area (Å²) in [5.74, 6) is 6.09. The van der Waals surface area contributed by atoms with Gasteiger partial charge in [-0.1, -0.05) is 11.8 Å². The molecule has 19 heavy (non-hydrogen) atoms. The molecule has 0 atom stereocenters. The molecule has 1 aromatic heterocycles. The second-order valence-corrected chi connectivity index (χ2v) is 5.39. The van der Waals surface area contributed by atoms with Gasteiger partial charge in [0.2, 0.25) is 0 Å². The Hall–Kier alpha value is -1.86. The molecule has 0 aromatic carbocycles. The summed E-state index contributed by atoms with van der Waals surface area (Å²) in [6, 6.07) is 3.48. The number of pyridine rings is 1. The largest absolute Gasteiger partial charge is 0.346 e. The number of carbonyl (C=O) groups excluding carboxylic acids is 1. The Morgan fingerprint density at radius 3 is 2.79 bits per heavy atom. The number of aromatic nitrogens is 1. The average Bonchev–Trinajstić information content (AvgIpc) is 3.21. The Morgan fingerprint density at radius 1 is 1.53 bits per heavy atom. The van der Waals surface area contributed by atoms with Crippen LogP contribution in [0.4, 0.5) is 0 Å². The van der Waals surface area contributed by atoms with E-state index in [-0.39, 0.29) is 11.4 Å². The van der Waals surface area contributed by atoms with Gasteiger partial charge in [-0.05, 0) is 44.7 Å². The number of rotatable bonds is 3. The van der Waals surface area contributed by atoms with Crippen molar-refractivity contribution in [1.82, 2.24) is 10.3 Å². The number of hydrogen-bond donors (Lipinski definition) is 2. The first-order valence-electron chi connectivity index (χ1n) is 6.50. The van der Waals surface area contributed by atoms with Crippen LogP contribution in [-0.4, -0.2) is 23.0 Å². The fourth-order valence-electron chi connectivity index (χ4n) is 2.02. The number of nitrogens with zero attached hydrogens (tertiary/aromatic N) is 1. The molecule has 1 aliphatic rings. The van der Waals surface area contributed by atoms with Crippen molar-refractivity contribution < 1.29 is 4.79 Å². The number of nitrogens with two attached hydrogens (primary N) is 1. The summed E-state index contributed by atoms with van der Waals surface area (Å²) in [4.78, 5) is 16.2. The zero-order valence-corrected chi connectivity index (χ0v) is 11.4. The summed E-state index contributed by atoms with van der Waals surface area (Å²) in [6.45, 7) is 4.44. The van der Waals surface area contributed by atoms with Crippen LogP contribution in [-0.2, 0) is 0 Å². The van der Waals surface area contributed by atoms with Gasteiger partial charge in [0.05, 0.1) is 6.54 Å². The van der Waals surface area contributed by atoms with E-state index in [1.54, 1.807) is 18.3 Å². The zero-order valence-electron chi connectivity index (χ0n) is 11.4. The van der Waals surface area contributed by atoms with Crippen LogP contribution in [0.15, 0.2) is 18.3 Å². The minimum atomic E-state index is -0.156. The van der Waals surface area contributed by atoms with Gasteiger partial charge in [0.1, 0.15) is 5.69 Å². The van der Waals surface area contributed by atoms with Crippen LogP contribution < -0.4 is 11.1 Å². The van der Waals surface area contributed by atoms with Crippen molar-refractivity contribution in [2.45, 2.75) is 32.2 Å². The Labute approximate surface area is 113 Å². The second-order valence-electron chi connectivity index (χ2n) is 5.39. The van der Waals surface area contributed by atoms with E-state index in [1.165, 1.54) is 12.8 Å². The Bertz CT molecular complexity index is 519. The highest BCUT2D eigenvalue weighted by molar-refractivity contribution is 5.92. The molecule has 100 valence electrons. The second kappa shape index (κ2) is 5.41. The van der Waals surface area contributed by atoms with E-state index in [4.69, 9.17) is 5.73 Å². The Morgan fingerprint density at radius 2 is 2.26 bits per heavy atom. The quantitative estimate of drug-likeness (QED) is 0.802. The number of hydrogen-bond acceptors (Lipinski definition) is 3. The van der Waals surface area contributed by atoms with E-state index >= 15 is 0 Å². The molecule has 0 unspecified atom stereocenters. The topological polar surface area (TPSA) is 68.0 Å². The van der Waals surface area contributed by atoms with Gasteiger partial charge < -0.3 is 11.1 Å². The molecule has 0 saturated heterocycles. The van der Waals surface area contributed by atoms with E-state index in [0.29, 0.717) is 18.2 Å². The predicted molar refractivity (Wildman–Crippen MR) is 74.4 cm³/mol. The molecule has 1 heterocycles. The smallest absolute Gasteiger partial charge is 0.270 e. The summed E-state index contributed by atoms with van der Waals surface area (Å²) in [7, 11) is 0. The maximum absolute atomic E-state index is 12.1. The van der Waals surface area contributed by atoms with Gasteiger partial charge in [0.25, 0.3) is 5.91 Å². The molecule has 2 rings (SSSR count). The van der Waals surface area contributed by atoms with Crippen LogP contribution in [0, 0.1) is 17.8 Å². The molecule has 1 aromatic rings. The van der Waals surface area contributed by atoms with Gasteiger partial charge >= 0.3 is 0 Å². The molecule has 0 bridgehead atoms. The highest BCUT2D eigenvalue weighted by Gasteiger charge is 2.38. The minimum Gasteiger partial charge on any atom is -0.346 e. The van der Waals surface area contributed by atoms with Gasteiger partial charge in [0.15, 0.2) is 0 Å². The molecule has 1 fully saturated rings. The summed E-state index contributed by atoms with van der Waals surface area (Å²) < 4.78 is 0. The number of carbonyl (C=O) groups is 1. The summed E-state index contributed by atoms with van der Waals surface area (Å²) >= 11 is 0. The molecule has 0 radical (unpaired) electrons. The normalized spacial score (nSPS) is 14.5. The summed E-state index contributed by atoms with van der Waals surface area (Å²) in [6.07, 6.45) is 3.98. The first kappa shape index (κ1) is 13.6. The third-order valence-corrected chi connectivity index (χ3v) is 3.36. The van der Waals surface area contributed by atoms with Crippen molar-refractivity contribution in [3.05, 3.63) is 29.6 Å². The third-order valence-electron chi connectivity index (χ3n) is 3.36. The number of nitrogens with one attached hydrogen (secondary N) is 1. The summed E-state index contributed by atoms with van der Waals surface area (Å²) in [5, 5.41) is 3.04. The highest BCUT2D eigenvalue weighted by Crippen LogP contribution is 2.39. The van der Waals surface area contributed by atoms with Gasteiger partial charge in [-0.15, -0.1) is 0 Å². The molecule has 1 saturated carbocycles. The van der Waals surface area contributed by atoms with Crippen molar-refractivity contribution in [3.8, 4) is 11.8 Å². The van der Waals surface area contributed by atoms with Gasteiger partial charge in [-0.2, -0.15) is 0 Å². The maximum atomic E-state index is 12.1. The summed E-state index contributed by atoms with van der Waals surface area (Å²) in [5.41, 5.74) is 6.33. The first-order chi connectivity index (χ1) is 9.03. The van der Waals surface area contributed by atoms with Crippen LogP contribution >= 0.6 is 0 Å². The zero-order chi connectivity index (χ0) is 13.9. The lowest BCUT2D eigenvalue weighted by Crippen LogP contribution is -2.45. The lowest BCUT2D eigenvalue weighted by molar-refractivity contribution is 0.0898. The van der Waals surface area contributed by atoms with Gasteiger partial charge in [0, 0.05) is 17.3 Å². The van der Waals surface area contributed by atoms with Crippen LogP contribution in [0.3, 0.4) is 0 Å². The van der Waals surface area contributed by atoms with E-state index in [1.807, 2.05) is 0 Å². The van der Waals surface area contributed by atoms with Crippen molar-refractivity contribution in [3.63, 3.8) is 0 Å². The molecule has 4 nitrogen and oxygen atoms in total. The van der Waals surface area contributed by atoms with E-state index in [9.17, 15) is 4.79 Å². The lowest BCUT2D eigenvalue weighted by Gasteiger charge is -2.25. The van der Waals surface area contributed by atoms with Crippen LogP contribution in [0.25, 0.3) is 0 Å². The van der Waals surface area contributed by atoms with Crippen LogP contribution in [0.1, 0.15) is 42.7 Å². The fourth-order valence-corrected chi connectivity index (χ4v) is 2.02. The molecule has 1 aliphatic carbocycles. The van der Waals surface area contributed by atoms with Crippen molar-refractivity contribution >= 4 is 5.91 Å². The Kier molecular flexibility index (Phi) is 3.87. The average molecular weight is 257 g/mol. The molecule has 0 aliphatic heterocycles. The van der Waals surface area contributed by atoms with Gasteiger partial charge in [-0.25, -0.2) is 4.98 Å². The highest BCUT2D eigenvalue weighted by atomic mass is 16.2. The van der Waals surface area contributed by atoms with Crippen molar-refractivity contribution in [2.24, 2.45) is 11.7 Å². The lowest BCUT2D eigenvalue weighted by atomic mass is 9.98. The van der Waals surface area contributed by atoms with E-state index in [2.05, 4.69) is 36.0 Å². The molecule has 3 N–H and O–H groups in total. The predicted octanol–water partition coefficient (Wildman–Crippen LogP) is 1.31. The van der Waals surface area contributed by atoms with Crippen molar-refractivity contribution in [2.75, 3.05) is 6.54 Å². The SMILES string of the molecule is CC(C)(NC(=O)c1ccc(C#CCN)cn1)C1CC1. The molecule has 4 heteroatoms. The minimum absolute atomic E-state index is 0.129.